The summed E-state index contributed by atoms with van der Waals surface area (Å²) in [6.45, 7) is 12.1. The van der Waals surface area contributed by atoms with E-state index in [-0.39, 0.29) is 5.41 Å². The maximum Gasteiger partial charge on any atom is 0.132 e. The molecule has 0 radical (unpaired) electrons. The summed E-state index contributed by atoms with van der Waals surface area (Å²) in [6.07, 6.45) is 1.98. The zero-order valence-electron chi connectivity index (χ0n) is 12.0. The maximum atomic E-state index is 4.53. The first-order chi connectivity index (χ1) is 8.35. The molecule has 0 aliphatic rings. The van der Waals surface area contributed by atoms with Crippen LogP contribution in [0, 0.1) is 11.3 Å². The van der Waals surface area contributed by atoms with E-state index in [4.69, 9.17) is 0 Å². The van der Waals surface area contributed by atoms with E-state index in [9.17, 15) is 0 Å². The SMILES string of the molecule is CCCc1nc(Br)cc(NCC(C)(C)C(C)C)n1. The highest BCUT2D eigenvalue weighted by Crippen LogP contribution is 2.26. The number of aryl methyl sites for hydroxylation is 1. The Hall–Kier alpha value is -0.640. The van der Waals surface area contributed by atoms with Crippen LogP contribution in [0.2, 0.25) is 0 Å². The van der Waals surface area contributed by atoms with E-state index in [1.807, 2.05) is 6.07 Å². The lowest BCUT2D eigenvalue weighted by molar-refractivity contribution is 0.269. The lowest BCUT2D eigenvalue weighted by atomic mass is 9.81. The van der Waals surface area contributed by atoms with Crippen molar-refractivity contribution in [2.45, 2.75) is 47.5 Å². The number of hydrogen-bond acceptors (Lipinski definition) is 3. The number of halogens is 1. The van der Waals surface area contributed by atoms with E-state index in [1.165, 1.54) is 0 Å². The minimum absolute atomic E-state index is 0.252. The molecule has 0 spiro atoms. The Labute approximate surface area is 119 Å². The van der Waals surface area contributed by atoms with Gasteiger partial charge in [-0.05, 0) is 33.7 Å². The van der Waals surface area contributed by atoms with Crippen LogP contribution >= 0.6 is 15.9 Å². The molecule has 1 aromatic rings. The molecule has 0 aliphatic heterocycles. The molecular weight excluding hydrogens is 290 g/mol. The molecule has 0 saturated carbocycles. The molecule has 18 heavy (non-hydrogen) atoms. The van der Waals surface area contributed by atoms with Crippen molar-refractivity contribution in [1.29, 1.82) is 0 Å². The topological polar surface area (TPSA) is 37.8 Å². The van der Waals surface area contributed by atoms with E-state index in [0.717, 1.165) is 35.6 Å². The predicted molar refractivity (Wildman–Crippen MR) is 80.8 cm³/mol. The summed E-state index contributed by atoms with van der Waals surface area (Å²) < 4.78 is 0.853. The second-order valence-electron chi connectivity index (χ2n) is 5.74. The summed E-state index contributed by atoms with van der Waals surface area (Å²) in [5.74, 6) is 2.44. The van der Waals surface area contributed by atoms with Gasteiger partial charge >= 0.3 is 0 Å². The molecule has 0 aromatic carbocycles. The molecule has 4 heteroatoms. The zero-order chi connectivity index (χ0) is 13.8. The van der Waals surface area contributed by atoms with Gasteiger partial charge in [0.05, 0.1) is 0 Å². The molecule has 1 rings (SSSR count). The number of hydrogen-bond donors (Lipinski definition) is 1. The minimum Gasteiger partial charge on any atom is -0.369 e. The third-order valence-corrected chi connectivity index (χ3v) is 3.91. The molecule has 1 heterocycles. The number of nitrogens with zero attached hydrogens (tertiary/aromatic N) is 2. The third-order valence-electron chi connectivity index (χ3n) is 3.50. The Balaban J connectivity index is 2.73. The molecule has 0 amide bonds. The fourth-order valence-electron chi connectivity index (χ4n) is 1.41. The molecule has 0 aliphatic carbocycles. The highest BCUT2D eigenvalue weighted by atomic mass is 79.9. The summed E-state index contributed by atoms with van der Waals surface area (Å²) in [5, 5.41) is 3.42. The Morgan fingerprint density at radius 2 is 2.00 bits per heavy atom. The molecule has 1 N–H and O–H groups in total. The van der Waals surface area contributed by atoms with Crippen molar-refractivity contribution in [3.8, 4) is 0 Å². The van der Waals surface area contributed by atoms with Gasteiger partial charge in [-0.1, -0.05) is 34.6 Å². The van der Waals surface area contributed by atoms with Crippen molar-refractivity contribution in [2.24, 2.45) is 11.3 Å². The van der Waals surface area contributed by atoms with Crippen LogP contribution in [0.1, 0.15) is 46.9 Å². The lowest BCUT2D eigenvalue weighted by Crippen LogP contribution is -2.28. The second kappa shape index (κ2) is 6.50. The van der Waals surface area contributed by atoms with Gasteiger partial charge in [0.15, 0.2) is 0 Å². The largest absolute Gasteiger partial charge is 0.369 e. The fraction of sp³-hybridized carbons (Fsp3) is 0.714. The average Bonchev–Trinajstić information content (AvgIpc) is 2.26. The van der Waals surface area contributed by atoms with Gasteiger partial charge in [-0.15, -0.1) is 0 Å². The zero-order valence-corrected chi connectivity index (χ0v) is 13.6. The van der Waals surface area contributed by atoms with Gasteiger partial charge in [0.2, 0.25) is 0 Å². The Morgan fingerprint density at radius 1 is 1.33 bits per heavy atom. The van der Waals surface area contributed by atoms with Crippen LogP contribution in [0.5, 0.6) is 0 Å². The van der Waals surface area contributed by atoms with Crippen LogP contribution in [-0.2, 0) is 6.42 Å². The van der Waals surface area contributed by atoms with Crippen molar-refractivity contribution in [2.75, 3.05) is 11.9 Å². The van der Waals surface area contributed by atoms with Gasteiger partial charge < -0.3 is 5.32 Å². The molecule has 0 bridgehead atoms. The van der Waals surface area contributed by atoms with E-state index in [1.54, 1.807) is 0 Å². The van der Waals surface area contributed by atoms with Crippen LogP contribution in [0.15, 0.2) is 10.7 Å². The van der Waals surface area contributed by atoms with E-state index >= 15 is 0 Å². The van der Waals surface area contributed by atoms with Crippen molar-refractivity contribution in [3.63, 3.8) is 0 Å². The molecule has 0 unspecified atom stereocenters. The van der Waals surface area contributed by atoms with Gasteiger partial charge in [-0.2, -0.15) is 0 Å². The smallest absolute Gasteiger partial charge is 0.132 e. The molecular formula is C14H24BrN3. The molecule has 0 fully saturated rings. The van der Waals surface area contributed by atoms with Crippen LogP contribution < -0.4 is 5.32 Å². The fourth-order valence-corrected chi connectivity index (χ4v) is 1.83. The highest BCUT2D eigenvalue weighted by Gasteiger charge is 2.22. The molecule has 0 saturated heterocycles. The van der Waals surface area contributed by atoms with Gasteiger partial charge in [-0.3, -0.25) is 0 Å². The average molecular weight is 314 g/mol. The standard InChI is InChI=1S/C14H24BrN3/c1-6-7-12-17-11(15)8-13(18-12)16-9-14(4,5)10(2)3/h8,10H,6-7,9H2,1-5H3,(H,16,17,18). The van der Waals surface area contributed by atoms with Crippen molar-refractivity contribution < 1.29 is 0 Å². The van der Waals surface area contributed by atoms with Crippen LogP contribution in [0.3, 0.4) is 0 Å². The molecule has 1 aromatic heterocycles. The second-order valence-corrected chi connectivity index (χ2v) is 6.55. The van der Waals surface area contributed by atoms with Crippen LogP contribution in [0.4, 0.5) is 5.82 Å². The van der Waals surface area contributed by atoms with Gasteiger partial charge in [0.1, 0.15) is 16.2 Å². The molecule has 0 atom stereocenters. The Bertz CT molecular complexity index is 389. The molecule has 3 nitrogen and oxygen atoms in total. The van der Waals surface area contributed by atoms with Gasteiger partial charge in [0, 0.05) is 19.0 Å². The number of anilines is 1. The number of aromatic nitrogens is 2. The van der Waals surface area contributed by atoms with E-state index in [0.29, 0.717) is 5.92 Å². The lowest BCUT2D eigenvalue weighted by Gasteiger charge is -2.29. The summed E-state index contributed by atoms with van der Waals surface area (Å²) in [4.78, 5) is 8.90. The summed E-state index contributed by atoms with van der Waals surface area (Å²) in [7, 11) is 0. The van der Waals surface area contributed by atoms with Crippen molar-refractivity contribution in [3.05, 3.63) is 16.5 Å². The first-order valence-corrected chi connectivity index (χ1v) is 7.41. The summed E-state index contributed by atoms with van der Waals surface area (Å²) in [5.41, 5.74) is 0.252. The van der Waals surface area contributed by atoms with Gasteiger partial charge in [-0.25, -0.2) is 9.97 Å². The normalized spacial score (nSPS) is 11.9. The number of nitrogens with one attached hydrogen (secondary N) is 1. The first kappa shape index (κ1) is 15.4. The highest BCUT2D eigenvalue weighted by molar-refractivity contribution is 9.10. The van der Waals surface area contributed by atoms with E-state index in [2.05, 4.69) is 65.8 Å². The van der Waals surface area contributed by atoms with Crippen LogP contribution in [-0.4, -0.2) is 16.5 Å². The number of rotatable bonds is 6. The van der Waals surface area contributed by atoms with E-state index < -0.39 is 0 Å². The molecule has 102 valence electrons. The predicted octanol–water partition coefficient (Wildman–Crippen LogP) is 4.29. The third kappa shape index (κ3) is 4.56. The van der Waals surface area contributed by atoms with Crippen molar-refractivity contribution >= 4 is 21.7 Å². The first-order valence-electron chi connectivity index (χ1n) is 6.62. The van der Waals surface area contributed by atoms with Gasteiger partial charge in [0.25, 0.3) is 0 Å². The van der Waals surface area contributed by atoms with Crippen molar-refractivity contribution in [1.82, 2.24) is 9.97 Å². The Morgan fingerprint density at radius 3 is 2.56 bits per heavy atom. The maximum absolute atomic E-state index is 4.53. The monoisotopic (exact) mass is 313 g/mol. The summed E-state index contributed by atoms with van der Waals surface area (Å²) >= 11 is 3.44. The summed E-state index contributed by atoms with van der Waals surface area (Å²) in [6, 6.07) is 1.94. The minimum atomic E-state index is 0.252. The Kier molecular flexibility index (Phi) is 5.57. The quantitative estimate of drug-likeness (QED) is 0.796. The van der Waals surface area contributed by atoms with Crippen LogP contribution in [0.25, 0.3) is 0 Å².